The highest BCUT2D eigenvalue weighted by molar-refractivity contribution is 7.15. The molecule has 0 amide bonds. The third-order valence-corrected chi connectivity index (χ3v) is 4.01. The zero-order valence-corrected chi connectivity index (χ0v) is 13.3. The number of aromatic nitrogens is 1. The van der Waals surface area contributed by atoms with Crippen LogP contribution in [-0.4, -0.2) is 24.7 Å². The molecule has 0 fully saturated rings. The van der Waals surface area contributed by atoms with Gasteiger partial charge in [0.25, 0.3) is 5.19 Å². The average molecular weight is 305 g/mol. The largest absolute Gasteiger partial charge is 0.473 e. The Morgan fingerprint density at radius 3 is 2.52 bits per heavy atom. The van der Waals surface area contributed by atoms with Gasteiger partial charge in [0.15, 0.2) is 0 Å². The fourth-order valence-corrected chi connectivity index (χ4v) is 2.83. The maximum Gasteiger partial charge on any atom is 0.350 e. The quantitative estimate of drug-likeness (QED) is 0.758. The number of nitrogens with zero attached hydrogens (tertiary/aromatic N) is 1. The Balaban J connectivity index is 2.37. The second-order valence-electron chi connectivity index (χ2n) is 4.53. The highest BCUT2D eigenvalue weighted by atomic mass is 32.1. The van der Waals surface area contributed by atoms with Crippen LogP contribution < -0.4 is 4.74 Å². The van der Waals surface area contributed by atoms with Crippen LogP contribution in [0.15, 0.2) is 24.3 Å². The predicted octanol–water partition coefficient (Wildman–Crippen LogP) is 3.95. The lowest BCUT2D eigenvalue weighted by molar-refractivity contribution is 0.0532. The maximum absolute atomic E-state index is 12.0. The van der Waals surface area contributed by atoms with Gasteiger partial charge < -0.3 is 9.47 Å². The van der Waals surface area contributed by atoms with Gasteiger partial charge in [0.05, 0.1) is 19.4 Å². The van der Waals surface area contributed by atoms with E-state index in [-0.39, 0.29) is 5.97 Å². The van der Waals surface area contributed by atoms with Crippen LogP contribution in [0.2, 0.25) is 0 Å². The minimum absolute atomic E-state index is 0.341. The zero-order chi connectivity index (χ0) is 15.2. The summed E-state index contributed by atoms with van der Waals surface area (Å²) < 4.78 is 10.2. The summed E-state index contributed by atoms with van der Waals surface area (Å²) in [4.78, 5) is 16.9. The Bertz CT molecular complexity index is 604. The smallest absolute Gasteiger partial charge is 0.350 e. The van der Waals surface area contributed by atoms with Crippen molar-refractivity contribution in [1.82, 2.24) is 4.98 Å². The highest BCUT2D eigenvalue weighted by Crippen LogP contribution is 2.33. The highest BCUT2D eigenvalue weighted by Gasteiger charge is 2.21. The van der Waals surface area contributed by atoms with E-state index in [4.69, 9.17) is 9.47 Å². The third-order valence-electron chi connectivity index (χ3n) is 3.01. The number of carbonyl (C=O) groups is 1. The van der Waals surface area contributed by atoms with Crippen LogP contribution in [-0.2, 0) is 11.2 Å². The van der Waals surface area contributed by atoms with Crippen molar-refractivity contribution in [3.05, 3.63) is 34.7 Å². The monoisotopic (exact) mass is 305 g/mol. The number of thiazole rings is 1. The van der Waals surface area contributed by atoms with Crippen LogP contribution in [0.1, 0.15) is 35.5 Å². The summed E-state index contributed by atoms with van der Waals surface area (Å²) in [6.45, 7) is 4.28. The number of methoxy groups -OCH3 is 1. The summed E-state index contributed by atoms with van der Waals surface area (Å²) in [5.74, 6) is -0.356. The van der Waals surface area contributed by atoms with Gasteiger partial charge in [-0.25, -0.2) is 9.78 Å². The fourth-order valence-electron chi connectivity index (χ4n) is 2.04. The Morgan fingerprint density at radius 1 is 1.24 bits per heavy atom. The molecule has 112 valence electrons. The molecular weight excluding hydrogens is 286 g/mol. The first-order valence-electron chi connectivity index (χ1n) is 7.00. The Hall–Kier alpha value is -1.88. The van der Waals surface area contributed by atoms with Crippen molar-refractivity contribution in [3.8, 4) is 16.5 Å². The molecule has 0 atom stereocenters. The second kappa shape index (κ2) is 7.22. The summed E-state index contributed by atoms with van der Waals surface area (Å²) >= 11 is 1.21. The van der Waals surface area contributed by atoms with Gasteiger partial charge in [-0.1, -0.05) is 48.9 Å². The second-order valence-corrected chi connectivity index (χ2v) is 5.49. The Morgan fingerprint density at radius 2 is 1.95 bits per heavy atom. The molecule has 2 rings (SSSR count). The molecule has 5 heteroatoms. The van der Waals surface area contributed by atoms with E-state index in [0.717, 1.165) is 18.4 Å². The molecule has 0 saturated heterocycles. The van der Waals surface area contributed by atoms with E-state index in [9.17, 15) is 4.79 Å². The van der Waals surface area contributed by atoms with Gasteiger partial charge in [-0.3, -0.25) is 0 Å². The van der Waals surface area contributed by atoms with Crippen molar-refractivity contribution in [3.63, 3.8) is 0 Å². The number of carbonyl (C=O) groups excluding carboxylic acids is 1. The molecule has 0 aliphatic carbocycles. The van der Waals surface area contributed by atoms with E-state index in [1.807, 2.05) is 12.1 Å². The molecular formula is C16H19NO3S. The standard InChI is InChI=1S/C16H19NO3S/c1-4-6-11-7-9-12(10-8-11)13-14(15(18)20-5-2)21-16(17-13)19-3/h7-10H,4-6H2,1-3H3. The van der Waals surface area contributed by atoms with E-state index >= 15 is 0 Å². The number of rotatable bonds is 6. The van der Waals surface area contributed by atoms with E-state index in [2.05, 4.69) is 24.0 Å². The molecule has 0 spiro atoms. The zero-order valence-electron chi connectivity index (χ0n) is 12.5. The topological polar surface area (TPSA) is 48.4 Å². The molecule has 21 heavy (non-hydrogen) atoms. The van der Waals surface area contributed by atoms with Crippen LogP contribution in [0, 0.1) is 0 Å². The Kier molecular flexibility index (Phi) is 5.33. The fraction of sp³-hybridized carbons (Fsp3) is 0.375. The van der Waals surface area contributed by atoms with Crippen LogP contribution in [0.25, 0.3) is 11.3 Å². The summed E-state index contributed by atoms with van der Waals surface area (Å²) in [6, 6.07) is 8.11. The normalized spacial score (nSPS) is 10.4. The van der Waals surface area contributed by atoms with Gasteiger partial charge in [0.2, 0.25) is 0 Å². The van der Waals surface area contributed by atoms with Crippen molar-refractivity contribution < 1.29 is 14.3 Å². The number of esters is 1. The summed E-state index contributed by atoms with van der Waals surface area (Å²) in [5, 5.41) is 0.464. The molecule has 0 saturated carbocycles. The molecule has 0 aliphatic heterocycles. The third kappa shape index (κ3) is 3.61. The van der Waals surface area contributed by atoms with Crippen molar-refractivity contribution in [1.29, 1.82) is 0 Å². The lowest BCUT2D eigenvalue weighted by atomic mass is 10.1. The summed E-state index contributed by atoms with van der Waals surface area (Å²) in [5.41, 5.74) is 2.80. The summed E-state index contributed by atoms with van der Waals surface area (Å²) in [6.07, 6.45) is 2.16. The van der Waals surface area contributed by atoms with Crippen LogP contribution in [0.3, 0.4) is 0 Å². The van der Waals surface area contributed by atoms with Crippen molar-refractivity contribution >= 4 is 17.3 Å². The lowest BCUT2D eigenvalue weighted by Gasteiger charge is -2.04. The molecule has 0 unspecified atom stereocenters. The molecule has 1 aromatic carbocycles. The van der Waals surface area contributed by atoms with E-state index in [1.54, 1.807) is 14.0 Å². The van der Waals surface area contributed by atoms with Gasteiger partial charge in [0, 0.05) is 5.56 Å². The van der Waals surface area contributed by atoms with Crippen LogP contribution in [0.4, 0.5) is 0 Å². The minimum Gasteiger partial charge on any atom is -0.473 e. The lowest BCUT2D eigenvalue weighted by Crippen LogP contribution is -2.04. The number of benzene rings is 1. The molecule has 0 bridgehead atoms. The average Bonchev–Trinajstić information content (AvgIpc) is 2.93. The molecule has 1 heterocycles. The molecule has 4 nitrogen and oxygen atoms in total. The first-order chi connectivity index (χ1) is 10.2. The van der Waals surface area contributed by atoms with Gasteiger partial charge in [0.1, 0.15) is 4.88 Å². The molecule has 1 aromatic heterocycles. The van der Waals surface area contributed by atoms with Gasteiger partial charge in [-0.05, 0) is 18.9 Å². The van der Waals surface area contributed by atoms with E-state index in [1.165, 1.54) is 16.9 Å². The Labute approximate surface area is 128 Å². The van der Waals surface area contributed by atoms with E-state index < -0.39 is 0 Å². The molecule has 2 aromatic rings. The van der Waals surface area contributed by atoms with Crippen molar-refractivity contribution in [2.75, 3.05) is 13.7 Å². The van der Waals surface area contributed by atoms with Crippen LogP contribution >= 0.6 is 11.3 Å². The van der Waals surface area contributed by atoms with Gasteiger partial charge in [-0.15, -0.1) is 0 Å². The first-order valence-corrected chi connectivity index (χ1v) is 7.82. The first kappa shape index (κ1) is 15.5. The van der Waals surface area contributed by atoms with E-state index in [0.29, 0.717) is 22.4 Å². The summed E-state index contributed by atoms with van der Waals surface area (Å²) in [7, 11) is 1.54. The number of ether oxygens (including phenoxy) is 2. The maximum atomic E-state index is 12.0. The number of hydrogen-bond donors (Lipinski definition) is 0. The SMILES string of the molecule is CCCc1ccc(-c2nc(OC)sc2C(=O)OCC)cc1. The number of aryl methyl sites for hydroxylation is 1. The van der Waals surface area contributed by atoms with Crippen molar-refractivity contribution in [2.45, 2.75) is 26.7 Å². The molecule has 0 aliphatic rings. The van der Waals surface area contributed by atoms with Gasteiger partial charge in [-0.2, -0.15) is 0 Å². The number of hydrogen-bond acceptors (Lipinski definition) is 5. The van der Waals surface area contributed by atoms with Gasteiger partial charge >= 0.3 is 5.97 Å². The molecule has 0 radical (unpaired) electrons. The van der Waals surface area contributed by atoms with Crippen LogP contribution in [0.5, 0.6) is 5.19 Å². The molecule has 0 N–H and O–H groups in total. The minimum atomic E-state index is -0.356. The predicted molar refractivity (Wildman–Crippen MR) is 84.1 cm³/mol. The van der Waals surface area contributed by atoms with Crippen molar-refractivity contribution in [2.24, 2.45) is 0 Å².